The van der Waals surface area contributed by atoms with Crippen LogP contribution in [0.1, 0.15) is 85.5 Å². The van der Waals surface area contributed by atoms with Gasteiger partial charge in [-0.05, 0) is 49.9 Å². The molecule has 0 heterocycles. The van der Waals surface area contributed by atoms with Crippen molar-refractivity contribution in [2.24, 2.45) is 23.7 Å². The van der Waals surface area contributed by atoms with E-state index in [1.54, 1.807) is 0 Å². The van der Waals surface area contributed by atoms with Gasteiger partial charge in [-0.15, -0.1) is 0 Å². The van der Waals surface area contributed by atoms with Gasteiger partial charge in [-0.1, -0.05) is 47.0 Å². The molecule has 0 bridgehead atoms. The molecule has 4 heteroatoms. The lowest BCUT2D eigenvalue weighted by molar-refractivity contribution is -0.160. The van der Waals surface area contributed by atoms with E-state index in [4.69, 9.17) is 9.84 Å². The van der Waals surface area contributed by atoms with Crippen LogP contribution in [0, 0.1) is 23.7 Å². The summed E-state index contributed by atoms with van der Waals surface area (Å²) in [6.07, 6.45) is 7.40. The number of hydrogen-bond donors (Lipinski definition) is 1. The van der Waals surface area contributed by atoms with Crippen LogP contribution in [0.25, 0.3) is 0 Å². The fourth-order valence-electron chi connectivity index (χ4n) is 3.89. The SMILES string of the molecule is CCCCCC(CCC(=O)O)OC(=O)C1CC(C)CCC1C(C)C. The summed E-state index contributed by atoms with van der Waals surface area (Å²) in [5, 5.41) is 8.93. The van der Waals surface area contributed by atoms with Gasteiger partial charge in [-0.2, -0.15) is 0 Å². The minimum Gasteiger partial charge on any atom is -0.481 e. The largest absolute Gasteiger partial charge is 0.481 e. The summed E-state index contributed by atoms with van der Waals surface area (Å²) in [6, 6.07) is 0. The summed E-state index contributed by atoms with van der Waals surface area (Å²) >= 11 is 0. The second-order valence-electron chi connectivity index (χ2n) is 7.92. The Balaban J connectivity index is 2.66. The second-order valence-corrected chi connectivity index (χ2v) is 7.92. The molecule has 4 nitrogen and oxygen atoms in total. The minimum atomic E-state index is -0.821. The molecule has 140 valence electrons. The van der Waals surface area contributed by atoms with Gasteiger partial charge in [0.15, 0.2) is 0 Å². The summed E-state index contributed by atoms with van der Waals surface area (Å²) in [4.78, 5) is 23.6. The van der Waals surface area contributed by atoms with Gasteiger partial charge in [-0.25, -0.2) is 0 Å². The maximum Gasteiger partial charge on any atom is 0.309 e. The molecule has 4 unspecified atom stereocenters. The highest BCUT2D eigenvalue weighted by molar-refractivity contribution is 5.73. The highest BCUT2D eigenvalue weighted by atomic mass is 16.5. The molecule has 1 aliphatic carbocycles. The Morgan fingerprint density at radius 2 is 1.88 bits per heavy atom. The van der Waals surface area contributed by atoms with Crippen molar-refractivity contribution in [3.05, 3.63) is 0 Å². The Labute approximate surface area is 147 Å². The van der Waals surface area contributed by atoms with Crippen molar-refractivity contribution >= 4 is 11.9 Å². The summed E-state index contributed by atoms with van der Waals surface area (Å²) in [5.74, 6) is 0.504. The lowest BCUT2D eigenvalue weighted by Gasteiger charge is -2.36. The average molecular weight is 341 g/mol. The number of aliphatic carboxylic acids is 1. The Bertz CT molecular complexity index is 391. The van der Waals surface area contributed by atoms with E-state index >= 15 is 0 Å². The zero-order valence-corrected chi connectivity index (χ0v) is 15.9. The lowest BCUT2D eigenvalue weighted by Crippen LogP contribution is -2.36. The molecule has 0 saturated heterocycles. The van der Waals surface area contributed by atoms with E-state index in [-0.39, 0.29) is 24.4 Å². The van der Waals surface area contributed by atoms with E-state index in [2.05, 4.69) is 27.7 Å². The number of carboxylic acid groups (broad SMARTS) is 1. The van der Waals surface area contributed by atoms with Crippen molar-refractivity contribution in [2.45, 2.75) is 91.6 Å². The third-order valence-corrected chi connectivity index (χ3v) is 5.42. The number of unbranched alkanes of at least 4 members (excludes halogenated alkanes) is 2. The van der Waals surface area contributed by atoms with Crippen molar-refractivity contribution < 1.29 is 19.4 Å². The molecule has 1 fully saturated rings. The van der Waals surface area contributed by atoms with Crippen molar-refractivity contribution in [2.75, 3.05) is 0 Å². The second kappa shape index (κ2) is 10.7. The number of carbonyl (C=O) groups excluding carboxylic acids is 1. The molecule has 0 radical (unpaired) electrons. The van der Waals surface area contributed by atoms with E-state index in [9.17, 15) is 9.59 Å². The molecule has 4 atom stereocenters. The normalized spacial score (nSPS) is 25.5. The number of esters is 1. The van der Waals surface area contributed by atoms with E-state index in [0.29, 0.717) is 24.2 Å². The van der Waals surface area contributed by atoms with Crippen molar-refractivity contribution in [3.8, 4) is 0 Å². The molecule has 0 amide bonds. The highest BCUT2D eigenvalue weighted by Crippen LogP contribution is 2.39. The topological polar surface area (TPSA) is 63.6 Å². The van der Waals surface area contributed by atoms with Gasteiger partial charge in [0, 0.05) is 6.42 Å². The summed E-state index contributed by atoms with van der Waals surface area (Å²) in [5.41, 5.74) is 0. The van der Waals surface area contributed by atoms with Crippen LogP contribution in [0.3, 0.4) is 0 Å². The highest BCUT2D eigenvalue weighted by Gasteiger charge is 2.37. The average Bonchev–Trinajstić information content (AvgIpc) is 2.52. The van der Waals surface area contributed by atoms with E-state index in [1.807, 2.05) is 0 Å². The molecular weight excluding hydrogens is 304 g/mol. The first-order valence-electron chi connectivity index (χ1n) is 9.77. The standard InChI is InChI=1S/C20H36O4/c1-5-6-7-8-16(10-12-19(21)22)24-20(23)18-13-15(4)9-11-17(18)14(2)3/h14-18H,5-13H2,1-4H3,(H,21,22). The van der Waals surface area contributed by atoms with Crippen LogP contribution in [0.5, 0.6) is 0 Å². The Morgan fingerprint density at radius 1 is 1.17 bits per heavy atom. The monoisotopic (exact) mass is 340 g/mol. The predicted molar refractivity (Wildman–Crippen MR) is 95.7 cm³/mol. The van der Waals surface area contributed by atoms with Crippen molar-refractivity contribution in [1.82, 2.24) is 0 Å². The maximum absolute atomic E-state index is 12.8. The number of ether oxygens (including phenoxy) is 1. The van der Waals surface area contributed by atoms with Crippen molar-refractivity contribution in [1.29, 1.82) is 0 Å². The van der Waals surface area contributed by atoms with Gasteiger partial charge in [-0.3, -0.25) is 9.59 Å². The zero-order valence-electron chi connectivity index (χ0n) is 15.9. The first kappa shape index (κ1) is 21.0. The van der Waals surface area contributed by atoms with Crippen LogP contribution in [-0.2, 0) is 14.3 Å². The Kier molecular flexibility index (Phi) is 9.38. The zero-order chi connectivity index (χ0) is 18.1. The fraction of sp³-hybridized carbons (Fsp3) is 0.900. The quantitative estimate of drug-likeness (QED) is 0.446. The van der Waals surface area contributed by atoms with Gasteiger partial charge >= 0.3 is 11.9 Å². The Morgan fingerprint density at radius 3 is 2.46 bits per heavy atom. The fourth-order valence-corrected chi connectivity index (χ4v) is 3.89. The van der Waals surface area contributed by atoms with Crippen LogP contribution in [0.4, 0.5) is 0 Å². The Hall–Kier alpha value is -1.06. The number of hydrogen-bond acceptors (Lipinski definition) is 3. The first-order valence-corrected chi connectivity index (χ1v) is 9.77. The molecule has 0 aromatic heterocycles. The predicted octanol–water partition coefficient (Wildman–Crippen LogP) is 5.05. The molecule has 24 heavy (non-hydrogen) atoms. The third-order valence-electron chi connectivity index (χ3n) is 5.42. The van der Waals surface area contributed by atoms with E-state index in [0.717, 1.165) is 38.5 Å². The molecule has 0 aromatic carbocycles. The van der Waals surface area contributed by atoms with Gasteiger partial charge in [0.1, 0.15) is 6.10 Å². The number of carbonyl (C=O) groups is 2. The lowest BCUT2D eigenvalue weighted by atomic mass is 9.70. The molecule has 0 aromatic rings. The summed E-state index contributed by atoms with van der Waals surface area (Å²) < 4.78 is 5.81. The van der Waals surface area contributed by atoms with Gasteiger partial charge in [0.05, 0.1) is 5.92 Å². The molecular formula is C20H36O4. The van der Waals surface area contributed by atoms with Crippen LogP contribution >= 0.6 is 0 Å². The number of rotatable bonds is 10. The molecule has 1 saturated carbocycles. The molecule has 0 spiro atoms. The van der Waals surface area contributed by atoms with Crippen LogP contribution in [0.2, 0.25) is 0 Å². The molecule has 1 aliphatic rings. The van der Waals surface area contributed by atoms with Crippen LogP contribution < -0.4 is 0 Å². The minimum absolute atomic E-state index is 0.0211. The van der Waals surface area contributed by atoms with Gasteiger partial charge < -0.3 is 9.84 Å². The molecule has 1 rings (SSSR count). The molecule has 1 N–H and O–H groups in total. The summed E-state index contributed by atoms with van der Waals surface area (Å²) in [6.45, 7) is 8.71. The van der Waals surface area contributed by atoms with Gasteiger partial charge in [0.2, 0.25) is 0 Å². The smallest absolute Gasteiger partial charge is 0.309 e. The van der Waals surface area contributed by atoms with E-state index in [1.165, 1.54) is 6.42 Å². The van der Waals surface area contributed by atoms with Gasteiger partial charge in [0.25, 0.3) is 0 Å². The van der Waals surface area contributed by atoms with Crippen molar-refractivity contribution in [3.63, 3.8) is 0 Å². The maximum atomic E-state index is 12.8. The van der Waals surface area contributed by atoms with E-state index < -0.39 is 5.97 Å². The molecule has 0 aliphatic heterocycles. The third kappa shape index (κ3) is 7.23. The first-order chi connectivity index (χ1) is 11.3. The van der Waals surface area contributed by atoms with Crippen LogP contribution in [0.15, 0.2) is 0 Å². The van der Waals surface area contributed by atoms with Crippen LogP contribution in [-0.4, -0.2) is 23.1 Å². The number of carboxylic acids is 1. The summed E-state index contributed by atoms with van der Waals surface area (Å²) in [7, 11) is 0.